The molecule has 0 aliphatic rings. The average Bonchev–Trinajstić information content (AvgIpc) is 2.79. The van der Waals surface area contributed by atoms with Crippen molar-refractivity contribution in [3.05, 3.63) is 29.8 Å². The molecule has 0 spiro atoms. The molecule has 0 radical (unpaired) electrons. The zero-order valence-electron chi connectivity index (χ0n) is 20.0. The van der Waals surface area contributed by atoms with Gasteiger partial charge in [0.25, 0.3) is 5.91 Å². The molecular weight excluding hydrogens is 450 g/mol. The Hall–Kier alpha value is -2.50. The minimum atomic E-state index is -1.65. The third-order valence-electron chi connectivity index (χ3n) is 5.22. The second-order valence-corrected chi connectivity index (χ2v) is 10.6. The highest BCUT2D eigenvalue weighted by Crippen LogP contribution is 2.23. The number of imide groups is 1. The second kappa shape index (κ2) is 12.7. The van der Waals surface area contributed by atoms with E-state index in [1.165, 1.54) is 28.0 Å². The van der Waals surface area contributed by atoms with Crippen molar-refractivity contribution in [2.45, 2.75) is 63.2 Å². The van der Waals surface area contributed by atoms with Gasteiger partial charge in [0.05, 0.1) is 11.9 Å². The molecule has 33 heavy (non-hydrogen) atoms. The molecule has 10 nitrogen and oxygen atoms in total. The summed E-state index contributed by atoms with van der Waals surface area (Å²) in [5.74, 6) is -0.913. The van der Waals surface area contributed by atoms with Crippen molar-refractivity contribution in [2.24, 2.45) is 5.92 Å². The van der Waals surface area contributed by atoms with E-state index in [2.05, 4.69) is 10.6 Å². The standard InChI is InChI=1S/C22H35N3O7S/c1-14(2)7-12-17(26)20(28)25(30)21(29)24-18(19(27)23-5)22(3,4)33(31)13-15-8-10-16(32-6)11-9-15/h8-11,14,17-18,26,30H,7,12-13H2,1-6H3,(H,23,27)(H,24,29)/t17-,18?,33?/m0/s1. The van der Waals surface area contributed by atoms with Crippen LogP contribution in [0.2, 0.25) is 0 Å². The molecule has 0 saturated carbocycles. The predicted octanol–water partition coefficient (Wildman–Crippen LogP) is 1.56. The second-order valence-electron chi connectivity index (χ2n) is 8.58. The lowest BCUT2D eigenvalue weighted by atomic mass is 10.0. The number of amides is 4. The maximum Gasteiger partial charge on any atom is 0.349 e. The number of ether oxygens (including phenoxy) is 1. The summed E-state index contributed by atoms with van der Waals surface area (Å²) in [6.45, 7) is 6.88. The number of nitrogens with one attached hydrogen (secondary N) is 2. The number of urea groups is 1. The number of benzene rings is 1. The molecule has 0 heterocycles. The minimum absolute atomic E-state index is 0.0666. The van der Waals surface area contributed by atoms with Crippen molar-refractivity contribution in [1.29, 1.82) is 0 Å². The first-order valence-corrected chi connectivity index (χ1v) is 11.9. The van der Waals surface area contributed by atoms with Crippen molar-refractivity contribution in [2.75, 3.05) is 14.2 Å². The highest BCUT2D eigenvalue weighted by molar-refractivity contribution is 7.85. The molecule has 0 saturated heterocycles. The van der Waals surface area contributed by atoms with E-state index in [0.29, 0.717) is 12.2 Å². The van der Waals surface area contributed by atoms with E-state index in [9.17, 15) is 28.9 Å². The largest absolute Gasteiger partial charge is 0.497 e. The predicted molar refractivity (Wildman–Crippen MR) is 124 cm³/mol. The van der Waals surface area contributed by atoms with Crippen LogP contribution in [-0.2, 0) is 26.1 Å². The quantitative estimate of drug-likeness (QED) is 0.275. The van der Waals surface area contributed by atoms with Gasteiger partial charge < -0.3 is 20.5 Å². The van der Waals surface area contributed by atoms with Gasteiger partial charge in [-0.05, 0) is 50.3 Å². The Labute approximate surface area is 197 Å². The fraction of sp³-hybridized carbons (Fsp3) is 0.591. The van der Waals surface area contributed by atoms with Crippen LogP contribution in [-0.4, -0.2) is 68.5 Å². The Morgan fingerprint density at radius 2 is 1.73 bits per heavy atom. The van der Waals surface area contributed by atoms with Crippen LogP contribution in [0, 0.1) is 5.92 Å². The van der Waals surface area contributed by atoms with Crippen LogP contribution < -0.4 is 15.4 Å². The SMILES string of the molecule is CNC(=O)C(NC(=O)N(O)C(=O)[C@@H](O)CCC(C)C)C(C)(C)S(=O)Cc1ccc(OC)cc1. The minimum Gasteiger partial charge on any atom is -0.497 e. The molecule has 0 aromatic heterocycles. The van der Waals surface area contributed by atoms with E-state index >= 15 is 0 Å². The summed E-state index contributed by atoms with van der Waals surface area (Å²) in [7, 11) is 1.23. The van der Waals surface area contributed by atoms with E-state index in [-0.39, 0.29) is 23.2 Å². The Balaban J connectivity index is 2.97. The lowest BCUT2D eigenvalue weighted by molar-refractivity contribution is -0.163. The molecule has 1 aromatic rings. The summed E-state index contributed by atoms with van der Waals surface area (Å²) in [5.41, 5.74) is 0.733. The maximum absolute atomic E-state index is 13.2. The van der Waals surface area contributed by atoms with E-state index < -0.39 is 45.5 Å². The van der Waals surface area contributed by atoms with Gasteiger partial charge in [-0.2, -0.15) is 0 Å². The molecule has 2 unspecified atom stereocenters. The first kappa shape index (κ1) is 28.5. The van der Waals surface area contributed by atoms with Crippen LogP contribution in [0.4, 0.5) is 4.79 Å². The Kier molecular flexibility index (Phi) is 10.9. The zero-order valence-corrected chi connectivity index (χ0v) is 20.8. The normalized spacial score (nSPS) is 14.2. The lowest BCUT2D eigenvalue weighted by Gasteiger charge is -2.33. The molecule has 4 N–H and O–H groups in total. The smallest absolute Gasteiger partial charge is 0.349 e. The third kappa shape index (κ3) is 8.09. The molecule has 4 amide bonds. The monoisotopic (exact) mass is 485 g/mol. The van der Waals surface area contributed by atoms with Crippen molar-refractivity contribution in [3.8, 4) is 5.75 Å². The van der Waals surface area contributed by atoms with Gasteiger partial charge in [-0.3, -0.25) is 19.0 Å². The molecule has 186 valence electrons. The van der Waals surface area contributed by atoms with Crippen LogP contribution in [0.3, 0.4) is 0 Å². The molecule has 1 aromatic carbocycles. The van der Waals surface area contributed by atoms with Gasteiger partial charge in [-0.1, -0.05) is 26.0 Å². The number of hydrogen-bond donors (Lipinski definition) is 4. The van der Waals surface area contributed by atoms with Gasteiger partial charge in [0, 0.05) is 23.6 Å². The number of rotatable bonds is 11. The Morgan fingerprint density at radius 3 is 2.21 bits per heavy atom. The Morgan fingerprint density at radius 1 is 1.15 bits per heavy atom. The number of carbonyl (C=O) groups excluding carboxylic acids is 3. The van der Waals surface area contributed by atoms with Crippen LogP contribution in [0.25, 0.3) is 0 Å². The number of likely N-dealkylation sites (N-methyl/N-ethyl adjacent to an activating group) is 1. The molecule has 0 aliphatic carbocycles. The van der Waals surface area contributed by atoms with Gasteiger partial charge in [0.15, 0.2) is 0 Å². The molecular formula is C22H35N3O7S. The summed E-state index contributed by atoms with van der Waals surface area (Å²) >= 11 is 0. The number of nitrogens with zero attached hydrogens (tertiary/aromatic N) is 1. The highest BCUT2D eigenvalue weighted by Gasteiger charge is 2.42. The van der Waals surface area contributed by atoms with Gasteiger partial charge >= 0.3 is 6.03 Å². The summed E-state index contributed by atoms with van der Waals surface area (Å²) in [6, 6.07) is 4.28. The van der Waals surface area contributed by atoms with E-state index in [0.717, 1.165) is 5.56 Å². The first-order valence-electron chi connectivity index (χ1n) is 10.6. The van der Waals surface area contributed by atoms with Crippen molar-refractivity contribution >= 4 is 28.6 Å². The number of hydroxylamine groups is 2. The maximum atomic E-state index is 13.2. The molecule has 3 atom stereocenters. The van der Waals surface area contributed by atoms with E-state index in [1.54, 1.807) is 24.3 Å². The van der Waals surface area contributed by atoms with E-state index in [1.807, 2.05) is 13.8 Å². The van der Waals surface area contributed by atoms with E-state index in [4.69, 9.17) is 4.74 Å². The average molecular weight is 486 g/mol. The van der Waals surface area contributed by atoms with Crippen molar-refractivity contribution in [1.82, 2.24) is 15.7 Å². The molecule has 1 rings (SSSR count). The molecule has 11 heteroatoms. The zero-order chi connectivity index (χ0) is 25.3. The van der Waals surface area contributed by atoms with Crippen LogP contribution in [0.5, 0.6) is 5.75 Å². The van der Waals surface area contributed by atoms with Gasteiger partial charge in [0.2, 0.25) is 5.91 Å². The lowest BCUT2D eigenvalue weighted by Crippen LogP contribution is -2.61. The third-order valence-corrected chi connectivity index (χ3v) is 7.22. The van der Waals surface area contributed by atoms with Crippen molar-refractivity contribution in [3.63, 3.8) is 0 Å². The van der Waals surface area contributed by atoms with Gasteiger partial charge in [0.1, 0.15) is 17.9 Å². The molecule has 0 fully saturated rings. The Bertz CT molecular complexity index is 843. The van der Waals surface area contributed by atoms with Crippen molar-refractivity contribution < 1.29 is 33.6 Å². The number of methoxy groups -OCH3 is 1. The number of carbonyl (C=O) groups is 3. The number of aliphatic hydroxyl groups excluding tert-OH is 1. The fourth-order valence-electron chi connectivity index (χ4n) is 2.93. The number of hydrogen-bond acceptors (Lipinski definition) is 7. The van der Waals surface area contributed by atoms with Gasteiger partial charge in [-0.25, -0.2) is 4.79 Å². The van der Waals surface area contributed by atoms with Crippen LogP contribution in [0.1, 0.15) is 46.1 Å². The van der Waals surface area contributed by atoms with Crippen LogP contribution in [0.15, 0.2) is 24.3 Å². The summed E-state index contributed by atoms with van der Waals surface area (Å²) < 4.78 is 17.0. The highest BCUT2D eigenvalue weighted by atomic mass is 32.2. The summed E-state index contributed by atoms with van der Waals surface area (Å²) in [4.78, 5) is 37.2. The topological polar surface area (TPSA) is 145 Å². The van der Waals surface area contributed by atoms with Gasteiger partial charge in [-0.15, -0.1) is 5.06 Å². The number of aliphatic hydroxyl groups is 1. The summed E-state index contributed by atoms with van der Waals surface area (Å²) in [6.07, 6.45) is -0.989. The first-order chi connectivity index (χ1) is 15.3. The molecule has 0 aliphatic heterocycles. The summed E-state index contributed by atoms with van der Waals surface area (Å²) in [5, 5.41) is 24.4. The fourth-order valence-corrected chi connectivity index (χ4v) is 4.23. The molecule has 0 bridgehead atoms. The van der Waals surface area contributed by atoms with Crippen LogP contribution >= 0.6 is 0 Å².